The van der Waals surface area contributed by atoms with Crippen molar-refractivity contribution in [3.05, 3.63) is 194 Å². The maximum Gasteiger partial charge on any atom is 0.235 e. The number of nitrogens with zero attached hydrogens (tertiary/aromatic N) is 6. The van der Waals surface area contributed by atoms with Crippen LogP contribution in [0.5, 0.6) is 0 Å². The summed E-state index contributed by atoms with van der Waals surface area (Å²) in [5, 5.41) is 2.34. The fraction of sp³-hybridized carbons (Fsp3) is 0. The zero-order valence-electron chi connectivity index (χ0n) is 29.7. The molecule has 10 rings (SSSR count). The van der Waals surface area contributed by atoms with E-state index in [1.54, 1.807) is 0 Å². The lowest BCUT2D eigenvalue weighted by molar-refractivity contribution is 0.995. The number of rotatable bonds is 7. The highest BCUT2D eigenvalue weighted by Gasteiger charge is 2.17. The molecule has 0 amide bonds. The summed E-state index contributed by atoms with van der Waals surface area (Å²) in [6.07, 6.45) is 0. The van der Waals surface area contributed by atoms with Gasteiger partial charge in [0.05, 0.1) is 22.4 Å². The largest absolute Gasteiger partial charge is 0.278 e. The van der Waals surface area contributed by atoms with Gasteiger partial charge in [0.15, 0.2) is 17.5 Å². The molecule has 10 aromatic rings. The molecular formula is C49H32N6. The summed E-state index contributed by atoms with van der Waals surface area (Å²) in [5.41, 5.74) is 10.8. The summed E-state index contributed by atoms with van der Waals surface area (Å²) in [7, 11) is 0. The van der Waals surface area contributed by atoms with Crippen LogP contribution in [-0.2, 0) is 0 Å². The van der Waals surface area contributed by atoms with Crippen LogP contribution in [0, 0.1) is 0 Å². The van der Waals surface area contributed by atoms with Gasteiger partial charge in [-0.2, -0.15) is 0 Å². The van der Waals surface area contributed by atoms with Crippen molar-refractivity contribution in [2.24, 2.45) is 0 Å². The third-order valence-electron chi connectivity index (χ3n) is 9.90. The monoisotopic (exact) mass is 704 g/mol. The number of aromatic nitrogens is 6. The van der Waals surface area contributed by atoms with Crippen LogP contribution >= 0.6 is 0 Å². The first-order chi connectivity index (χ1) is 27.2. The van der Waals surface area contributed by atoms with Crippen molar-refractivity contribution < 1.29 is 0 Å². The molecule has 0 aliphatic carbocycles. The third-order valence-corrected chi connectivity index (χ3v) is 9.90. The summed E-state index contributed by atoms with van der Waals surface area (Å²) in [4.78, 5) is 25.1. The average Bonchev–Trinajstić information content (AvgIpc) is 3.61. The molecule has 55 heavy (non-hydrogen) atoms. The van der Waals surface area contributed by atoms with Crippen molar-refractivity contribution in [1.29, 1.82) is 0 Å². The van der Waals surface area contributed by atoms with Crippen LogP contribution in [0.1, 0.15) is 0 Å². The molecule has 0 saturated heterocycles. The van der Waals surface area contributed by atoms with Crippen LogP contribution in [-0.4, -0.2) is 29.5 Å². The van der Waals surface area contributed by atoms with Gasteiger partial charge in [-0.15, -0.1) is 0 Å². The number of hydrogen-bond acceptors (Lipinski definition) is 5. The highest BCUT2D eigenvalue weighted by molar-refractivity contribution is 6.09. The maximum atomic E-state index is 5.22. The van der Waals surface area contributed by atoms with Gasteiger partial charge in [-0.1, -0.05) is 170 Å². The number of para-hydroxylation sites is 2. The summed E-state index contributed by atoms with van der Waals surface area (Å²) in [6.45, 7) is 0. The van der Waals surface area contributed by atoms with Crippen molar-refractivity contribution in [3.63, 3.8) is 0 Å². The molecule has 0 atom stereocenters. The van der Waals surface area contributed by atoms with E-state index in [9.17, 15) is 0 Å². The first-order valence-corrected chi connectivity index (χ1v) is 18.3. The smallest absolute Gasteiger partial charge is 0.235 e. The average molecular weight is 705 g/mol. The molecule has 0 fully saturated rings. The zero-order valence-corrected chi connectivity index (χ0v) is 29.7. The SMILES string of the molecule is c1ccc(-c2cc(-c3ccc(-c4cccc(-c5nc(-c6ccccc6)nc(-c6ccccc6)n5)c4)cc3)nc(-n3c4ccccc4c4ccccc43)n2)cc1. The van der Waals surface area contributed by atoms with E-state index in [0.29, 0.717) is 23.4 Å². The Morgan fingerprint density at radius 2 is 0.673 bits per heavy atom. The minimum atomic E-state index is 0.623. The Balaban J connectivity index is 1.05. The van der Waals surface area contributed by atoms with Gasteiger partial charge in [0.2, 0.25) is 5.95 Å². The van der Waals surface area contributed by atoms with Gasteiger partial charge >= 0.3 is 0 Å². The molecule has 0 N–H and O–H groups in total. The fourth-order valence-electron chi connectivity index (χ4n) is 7.19. The van der Waals surface area contributed by atoms with E-state index in [2.05, 4.69) is 120 Å². The van der Waals surface area contributed by atoms with Crippen LogP contribution in [0.2, 0.25) is 0 Å². The second kappa shape index (κ2) is 13.8. The molecule has 0 radical (unpaired) electrons. The van der Waals surface area contributed by atoms with Gasteiger partial charge < -0.3 is 0 Å². The lowest BCUT2D eigenvalue weighted by atomic mass is 10.00. The molecule has 0 saturated carbocycles. The number of fused-ring (bicyclic) bond motifs is 3. The minimum absolute atomic E-state index is 0.623. The molecule has 7 aromatic carbocycles. The Hall–Kier alpha value is -7.57. The van der Waals surface area contributed by atoms with Gasteiger partial charge in [-0.3, -0.25) is 4.57 Å². The van der Waals surface area contributed by atoms with E-state index in [-0.39, 0.29) is 0 Å². The van der Waals surface area contributed by atoms with E-state index in [4.69, 9.17) is 24.9 Å². The quantitative estimate of drug-likeness (QED) is 0.165. The molecule has 258 valence electrons. The van der Waals surface area contributed by atoms with E-state index in [1.165, 1.54) is 10.8 Å². The molecule has 3 aromatic heterocycles. The summed E-state index contributed by atoms with van der Waals surface area (Å²) < 4.78 is 2.17. The predicted molar refractivity (Wildman–Crippen MR) is 222 cm³/mol. The Morgan fingerprint density at radius 3 is 1.22 bits per heavy atom. The van der Waals surface area contributed by atoms with Gasteiger partial charge in [0.1, 0.15) is 0 Å². The van der Waals surface area contributed by atoms with E-state index < -0.39 is 0 Å². The second-order valence-electron chi connectivity index (χ2n) is 13.4. The number of benzene rings is 7. The normalized spacial score (nSPS) is 11.3. The van der Waals surface area contributed by atoms with E-state index >= 15 is 0 Å². The first-order valence-electron chi connectivity index (χ1n) is 18.3. The lowest BCUT2D eigenvalue weighted by Gasteiger charge is -2.12. The van der Waals surface area contributed by atoms with Gasteiger partial charge in [-0.05, 0) is 35.4 Å². The molecule has 0 aliphatic heterocycles. The molecule has 0 bridgehead atoms. The zero-order chi connectivity index (χ0) is 36.6. The van der Waals surface area contributed by atoms with Gasteiger partial charge in [-0.25, -0.2) is 24.9 Å². The molecule has 6 heteroatoms. The fourth-order valence-corrected chi connectivity index (χ4v) is 7.19. The van der Waals surface area contributed by atoms with Gasteiger partial charge in [0, 0.05) is 38.6 Å². The van der Waals surface area contributed by atoms with Crippen molar-refractivity contribution in [2.75, 3.05) is 0 Å². The first kappa shape index (κ1) is 32.1. The van der Waals surface area contributed by atoms with Crippen molar-refractivity contribution in [3.8, 4) is 73.8 Å². The van der Waals surface area contributed by atoms with E-state index in [0.717, 1.165) is 61.4 Å². The number of hydrogen-bond donors (Lipinski definition) is 0. The molecule has 3 heterocycles. The lowest BCUT2D eigenvalue weighted by Crippen LogP contribution is -2.03. The third kappa shape index (κ3) is 6.11. The second-order valence-corrected chi connectivity index (χ2v) is 13.4. The van der Waals surface area contributed by atoms with Crippen LogP contribution in [0.3, 0.4) is 0 Å². The highest BCUT2D eigenvalue weighted by Crippen LogP contribution is 2.34. The Bertz CT molecular complexity index is 2850. The van der Waals surface area contributed by atoms with Gasteiger partial charge in [0.25, 0.3) is 0 Å². The van der Waals surface area contributed by atoms with Crippen LogP contribution < -0.4 is 0 Å². The Kier molecular flexibility index (Phi) is 8.04. The minimum Gasteiger partial charge on any atom is -0.278 e. The van der Waals surface area contributed by atoms with E-state index in [1.807, 2.05) is 78.9 Å². The molecule has 0 unspecified atom stereocenters. The molecule has 0 spiro atoms. The Morgan fingerprint density at radius 1 is 0.273 bits per heavy atom. The molecular weight excluding hydrogens is 673 g/mol. The van der Waals surface area contributed by atoms with Crippen molar-refractivity contribution in [2.45, 2.75) is 0 Å². The van der Waals surface area contributed by atoms with Crippen molar-refractivity contribution >= 4 is 21.8 Å². The topological polar surface area (TPSA) is 69.4 Å². The summed E-state index contributed by atoms with van der Waals surface area (Å²) in [6, 6.07) is 66.3. The van der Waals surface area contributed by atoms with Crippen LogP contribution in [0.4, 0.5) is 0 Å². The van der Waals surface area contributed by atoms with Crippen molar-refractivity contribution in [1.82, 2.24) is 29.5 Å². The highest BCUT2D eigenvalue weighted by atomic mass is 15.2. The maximum absolute atomic E-state index is 5.22. The molecule has 0 aliphatic rings. The van der Waals surface area contributed by atoms with Crippen LogP contribution in [0.15, 0.2) is 194 Å². The standard InChI is InChI=1S/C49H32N6/c1-4-15-34(16-5-1)42-32-43(51-49(50-42)55-44-25-12-10-23-40(44)41-24-11-13-26-45(41)55)35-29-27-33(28-30-35)38-21-14-22-39(31-38)48-53-46(36-17-6-2-7-18-36)52-47(54-48)37-19-8-3-9-20-37/h1-32H. The van der Waals surface area contributed by atoms with Crippen LogP contribution in [0.25, 0.3) is 95.6 Å². The summed E-state index contributed by atoms with van der Waals surface area (Å²) in [5.74, 6) is 2.53. The molecule has 6 nitrogen and oxygen atoms in total. The predicted octanol–water partition coefficient (Wildman–Crippen LogP) is 11.8. The summed E-state index contributed by atoms with van der Waals surface area (Å²) >= 11 is 0. The Labute approximate surface area is 318 Å².